The molecule has 9 heteroatoms. The number of hydrogen-bond donors (Lipinski definition) is 2. The summed E-state index contributed by atoms with van der Waals surface area (Å²) < 4.78 is 12.6. The number of anilines is 3. The van der Waals surface area contributed by atoms with Gasteiger partial charge in [-0.15, -0.1) is 0 Å². The van der Waals surface area contributed by atoms with Gasteiger partial charge in [0, 0.05) is 42.8 Å². The Morgan fingerprint density at radius 2 is 2.00 bits per heavy atom. The van der Waals surface area contributed by atoms with Gasteiger partial charge >= 0.3 is 0 Å². The fraction of sp³-hybridized carbons (Fsp3) is 0.545. The van der Waals surface area contributed by atoms with Crippen molar-refractivity contribution in [1.29, 1.82) is 0 Å². The molecule has 1 aromatic heterocycles. The maximum Gasteiger partial charge on any atom is 0.228 e. The number of nitrogens with zero attached hydrogens (tertiary/aromatic N) is 4. The lowest BCUT2D eigenvalue weighted by molar-refractivity contribution is 0.248. The van der Waals surface area contributed by atoms with Gasteiger partial charge in [0.25, 0.3) is 0 Å². The first kappa shape index (κ1) is 22.5. The average Bonchev–Trinajstić information content (AvgIpc) is 3.13. The summed E-state index contributed by atoms with van der Waals surface area (Å²) in [6, 6.07) is 8.00. The first-order chi connectivity index (χ1) is 14.9. The molecule has 1 fully saturated rings. The molecule has 3 heterocycles. The standard InChI is InChI=1S/C22H30ClN5O2S/c1-14(2)19(13-29)24-21-20-18(8-11-31(20)30)25-22(26-21)28-10-9-27(12-15(28)3)17-6-4-16(23)5-7-17/h4-7,14-15,19,29H,8-13H2,1-3H3,(H,24,25,26)/t15-,19+,31?/m1/s1. The van der Waals surface area contributed by atoms with E-state index >= 15 is 0 Å². The van der Waals surface area contributed by atoms with Crippen molar-refractivity contribution in [2.75, 3.05) is 47.1 Å². The summed E-state index contributed by atoms with van der Waals surface area (Å²) in [4.78, 5) is 14.9. The number of halogens is 1. The summed E-state index contributed by atoms with van der Waals surface area (Å²) in [5.74, 6) is 2.07. The first-order valence-electron chi connectivity index (χ1n) is 10.8. The molecule has 1 unspecified atom stereocenters. The number of aliphatic hydroxyl groups excluding tert-OH is 1. The number of benzene rings is 1. The Hall–Kier alpha value is -1.74. The van der Waals surface area contributed by atoms with E-state index < -0.39 is 11.2 Å². The van der Waals surface area contributed by atoms with Crippen LogP contribution in [0.3, 0.4) is 0 Å². The third-order valence-corrected chi connectivity index (χ3v) is 7.79. The van der Waals surface area contributed by atoms with Crippen LogP contribution in [0.4, 0.5) is 17.5 Å². The van der Waals surface area contributed by atoms with E-state index in [9.17, 15) is 9.66 Å². The van der Waals surface area contributed by atoms with E-state index in [0.29, 0.717) is 28.8 Å². The normalized spacial score (nSPS) is 22.0. The number of aliphatic hydroxyl groups is 1. The van der Waals surface area contributed by atoms with Crippen LogP contribution < -0.4 is 15.1 Å². The van der Waals surface area contributed by atoms with E-state index in [2.05, 4.69) is 34.2 Å². The molecule has 7 nitrogen and oxygen atoms in total. The minimum atomic E-state index is -1.10. The van der Waals surface area contributed by atoms with Gasteiger partial charge in [0.1, 0.15) is 11.4 Å². The molecule has 2 aliphatic heterocycles. The zero-order chi connectivity index (χ0) is 22.1. The maximum atomic E-state index is 12.6. The third kappa shape index (κ3) is 4.72. The molecule has 0 spiro atoms. The number of aryl methyl sites for hydroxylation is 1. The summed E-state index contributed by atoms with van der Waals surface area (Å²) in [7, 11) is 0. The Labute approximate surface area is 192 Å². The van der Waals surface area contributed by atoms with Crippen molar-refractivity contribution in [3.8, 4) is 0 Å². The number of rotatable bonds is 6. The molecule has 2 aliphatic rings. The molecule has 4 rings (SSSR count). The zero-order valence-corrected chi connectivity index (χ0v) is 19.8. The van der Waals surface area contributed by atoms with E-state index in [1.807, 2.05) is 26.0 Å². The molecular weight excluding hydrogens is 434 g/mol. The van der Waals surface area contributed by atoms with Gasteiger partial charge in [-0.3, -0.25) is 0 Å². The fourth-order valence-electron chi connectivity index (χ4n) is 4.15. The predicted molar refractivity (Wildman–Crippen MR) is 127 cm³/mol. The third-order valence-electron chi connectivity index (χ3n) is 6.08. The topological polar surface area (TPSA) is 87.6 Å². The molecular formula is C22H30ClN5O2S. The zero-order valence-electron chi connectivity index (χ0n) is 18.2. The van der Waals surface area contributed by atoms with Crippen LogP contribution in [0.25, 0.3) is 0 Å². The average molecular weight is 464 g/mol. The number of piperazine rings is 1. The highest BCUT2D eigenvalue weighted by molar-refractivity contribution is 7.91. The molecule has 2 N–H and O–H groups in total. The number of fused-ring (bicyclic) bond motifs is 1. The summed E-state index contributed by atoms with van der Waals surface area (Å²) in [6.45, 7) is 8.76. The quantitative estimate of drug-likeness (QED) is 0.637. The van der Waals surface area contributed by atoms with Crippen molar-refractivity contribution >= 4 is 40.2 Å². The van der Waals surface area contributed by atoms with Crippen LogP contribution in [0.1, 0.15) is 26.5 Å². The van der Waals surface area contributed by atoms with Crippen molar-refractivity contribution in [2.45, 2.75) is 44.2 Å². The molecule has 31 heavy (non-hydrogen) atoms. The molecule has 0 saturated carbocycles. The van der Waals surface area contributed by atoms with Crippen LogP contribution in [-0.2, 0) is 17.6 Å². The summed E-state index contributed by atoms with van der Waals surface area (Å²) in [5.41, 5.74) is 2.02. The Morgan fingerprint density at radius 3 is 2.65 bits per heavy atom. The smallest absolute Gasteiger partial charge is 0.228 e. The van der Waals surface area contributed by atoms with E-state index in [4.69, 9.17) is 21.6 Å². The number of hydrogen-bond acceptors (Lipinski definition) is 7. The van der Waals surface area contributed by atoms with Crippen molar-refractivity contribution in [3.63, 3.8) is 0 Å². The van der Waals surface area contributed by atoms with Crippen LogP contribution in [-0.4, -0.2) is 63.7 Å². The molecule has 3 atom stereocenters. The number of aromatic nitrogens is 2. The van der Waals surface area contributed by atoms with Gasteiger partial charge in [-0.2, -0.15) is 4.98 Å². The Bertz CT molecular complexity index is 914. The fourth-order valence-corrected chi connectivity index (χ4v) is 5.59. The van der Waals surface area contributed by atoms with E-state index in [-0.39, 0.29) is 24.6 Å². The van der Waals surface area contributed by atoms with Crippen LogP contribution >= 0.6 is 11.6 Å². The Kier molecular flexibility index (Phi) is 6.81. The van der Waals surface area contributed by atoms with Crippen LogP contribution in [0.5, 0.6) is 0 Å². The van der Waals surface area contributed by atoms with Gasteiger partial charge in [0.15, 0.2) is 5.82 Å². The molecule has 0 amide bonds. The molecule has 0 radical (unpaired) electrons. The largest absolute Gasteiger partial charge is 0.611 e. The second-order valence-electron chi connectivity index (χ2n) is 8.59. The van der Waals surface area contributed by atoms with Gasteiger partial charge in [0.2, 0.25) is 10.8 Å². The van der Waals surface area contributed by atoms with E-state index in [0.717, 1.165) is 36.0 Å². The molecule has 1 aromatic carbocycles. The SMILES string of the molecule is CC(C)[C@H](CO)Nc1nc(N2CCN(c3ccc(Cl)cc3)C[C@H]2C)nc2c1[S+]([O-])CC2. The predicted octanol–water partition coefficient (Wildman–Crippen LogP) is 2.94. The Morgan fingerprint density at radius 1 is 1.26 bits per heavy atom. The highest BCUT2D eigenvalue weighted by Crippen LogP contribution is 2.34. The Balaban J connectivity index is 1.58. The molecule has 2 aromatic rings. The molecule has 1 saturated heterocycles. The highest BCUT2D eigenvalue weighted by atomic mass is 35.5. The van der Waals surface area contributed by atoms with Crippen LogP contribution in [0.15, 0.2) is 29.2 Å². The van der Waals surface area contributed by atoms with Crippen molar-refractivity contribution in [1.82, 2.24) is 9.97 Å². The van der Waals surface area contributed by atoms with Gasteiger partial charge < -0.3 is 24.8 Å². The summed E-state index contributed by atoms with van der Waals surface area (Å²) in [6.07, 6.45) is 0.691. The van der Waals surface area contributed by atoms with Gasteiger partial charge in [0.05, 0.1) is 12.6 Å². The molecule has 168 valence electrons. The van der Waals surface area contributed by atoms with Gasteiger partial charge in [-0.05, 0) is 48.3 Å². The molecule has 0 bridgehead atoms. The number of nitrogens with one attached hydrogen (secondary N) is 1. The first-order valence-corrected chi connectivity index (χ1v) is 12.5. The van der Waals surface area contributed by atoms with Crippen LogP contribution in [0.2, 0.25) is 5.02 Å². The van der Waals surface area contributed by atoms with Crippen LogP contribution in [0, 0.1) is 5.92 Å². The monoisotopic (exact) mass is 463 g/mol. The van der Waals surface area contributed by atoms with Gasteiger partial charge in [-0.1, -0.05) is 25.4 Å². The second kappa shape index (κ2) is 9.40. The maximum absolute atomic E-state index is 12.6. The minimum absolute atomic E-state index is 0.00538. The van der Waals surface area contributed by atoms with Crippen molar-refractivity contribution < 1.29 is 9.66 Å². The lowest BCUT2D eigenvalue weighted by Gasteiger charge is -2.41. The molecule has 0 aliphatic carbocycles. The highest BCUT2D eigenvalue weighted by Gasteiger charge is 2.35. The van der Waals surface area contributed by atoms with E-state index in [1.54, 1.807) is 0 Å². The summed E-state index contributed by atoms with van der Waals surface area (Å²) >= 11 is 4.93. The van der Waals surface area contributed by atoms with Gasteiger partial charge in [-0.25, -0.2) is 4.98 Å². The lowest BCUT2D eigenvalue weighted by Crippen LogP contribution is -2.52. The summed E-state index contributed by atoms with van der Waals surface area (Å²) in [5, 5.41) is 13.9. The second-order valence-corrected chi connectivity index (χ2v) is 10.5. The lowest BCUT2D eigenvalue weighted by atomic mass is 10.1. The van der Waals surface area contributed by atoms with Crippen molar-refractivity contribution in [3.05, 3.63) is 35.0 Å². The van der Waals surface area contributed by atoms with Crippen molar-refractivity contribution in [2.24, 2.45) is 5.92 Å². The van der Waals surface area contributed by atoms with E-state index in [1.165, 1.54) is 0 Å². The minimum Gasteiger partial charge on any atom is -0.611 e.